The fraction of sp³-hybridized carbons (Fsp3) is 0.207. The van der Waals surface area contributed by atoms with Gasteiger partial charge < -0.3 is 9.47 Å². The van der Waals surface area contributed by atoms with Crippen LogP contribution in [0.25, 0.3) is 11.8 Å². The van der Waals surface area contributed by atoms with E-state index in [1.807, 2.05) is 29.7 Å². The number of aromatic nitrogens is 1. The molecule has 0 spiro atoms. The molecule has 0 saturated carbocycles. The molecule has 3 heterocycles. The highest BCUT2D eigenvalue weighted by molar-refractivity contribution is 14.1. The molecule has 0 bridgehead atoms. The van der Waals surface area contributed by atoms with Gasteiger partial charge in [-0.2, -0.15) is 0 Å². The summed E-state index contributed by atoms with van der Waals surface area (Å²) in [6, 6.07) is 16.1. The van der Waals surface area contributed by atoms with E-state index in [2.05, 4.69) is 58.3 Å². The van der Waals surface area contributed by atoms with Crippen LogP contribution in [-0.4, -0.2) is 17.1 Å². The fourth-order valence-corrected chi connectivity index (χ4v) is 7.63. The number of rotatable bonds is 5. The minimum absolute atomic E-state index is 0.0606. The predicted molar refractivity (Wildman–Crippen MR) is 159 cm³/mol. The Morgan fingerprint density at radius 2 is 2.05 bits per heavy atom. The normalized spacial score (nSPS) is 16.4. The highest BCUT2D eigenvalue weighted by Gasteiger charge is 2.33. The highest BCUT2D eigenvalue weighted by atomic mass is 127. The molecule has 0 radical (unpaired) electrons. The maximum absolute atomic E-state index is 13.9. The number of aryl methyl sites for hydroxylation is 1. The first-order chi connectivity index (χ1) is 18.4. The lowest BCUT2D eigenvalue weighted by molar-refractivity contribution is -0.132. The maximum Gasteiger partial charge on any atom is 0.308 e. The molecule has 9 heteroatoms. The minimum atomic E-state index is -0.413. The summed E-state index contributed by atoms with van der Waals surface area (Å²) in [5, 5.41) is 2.06. The molecule has 192 valence electrons. The molecule has 2 aromatic heterocycles. The third-order valence-corrected chi connectivity index (χ3v) is 9.27. The molecule has 2 aliphatic rings. The summed E-state index contributed by atoms with van der Waals surface area (Å²) in [7, 11) is 0. The molecular weight excluding hydrogens is 631 g/mol. The van der Waals surface area contributed by atoms with Crippen LogP contribution in [0.3, 0.4) is 0 Å². The summed E-state index contributed by atoms with van der Waals surface area (Å²) in [6.45, 7) is 3.66. The van der Waals surface area contributed by atoms with Crippen LogP contribution < -0.4 is 24.4 Å². The molecular formula is C29H23IN2O4S2. The van der Waals surface area contributed by atoms with Crippen LogP contribution in [0.5, 0.6) is 11.5 Å². The molecule has 4 aromatic rings. The Balaban J connectivity index is 1.54. The topological polar surface area (TPSA) is 69.9 Å². The summed E-state index contributed by atoms with van der Waals surface area (Å²) in [4.78, 5) is 32.4. The van der Waals surface area contributed by atoms with Crippen molar-refractivity contribution >= 4 is 63.0 Å². The van der Waals surface area contributed by atoms with Crippen molar-refractivity contribution in [2.75, 3.05) is 6.61 Å². The first-order valence-corrected chi connectivity index (χ1v) is 15.0. The molecule has 6 nitrogen and oxygen atoms in total. The molecule has 0 unspecified atom stereocenters. The number of fused-ring (bicyclic) bond motifs is 3. The van der Waals surface area contributed by atoms with E-state index >= 15 is 0 Å². The molecule has 1 aliphatic heterocycles. The summed E-state index contributed by atoms with van der Waals surface area (Å²) >= 11 is 5.19. The standard InChI is InChI=1S/C29H23IN2O4S2/c1-3-35-22-14-17(13-21(30)27(22)36-16(2)33)15-24-28(34)32-26(23-9-6-12-37-23)20-11-10-18-7-4-5-8-19(18)25(20)31-29(32)38-24/h4-9,12-15,26H,3,10-11H2,1-2H3/b24-15+/t26-/m0/s1. The average molecular weight is 655 g/mol. The van der Waals surface area contributed by atoms with Crippen molar-refractivity contribution in [2.45, 2.75) is 32.7 Å². The smallest absolute Gasteiger partial charge is 0.308 e. The van der Waals surface area contributed by atoms with Crippen LogP contribution >= 0.6 is 45.3 Å². The quantitative estimate of drug-likeness (QED) is 0.166. The first-order valence-electron chi connectivity index (χ1n) is 12.3. The fourth-order valence-electron chi connectivity index (χ4n) is 5.05. The SMILES string of the molecule is CCOc1cc(/C=c2/sc3n(c2=O)[C@H](c2cccs2)C2=C(N=3)c3ccccc3CC2)cc(I)c1OC(C)=O. The van der Waals surface area contributed by atoms with Gasteiger partial charge in [-0.15, -0.1) is 11.3 Å². The summed E-state index contributed by atoms with van der Waals surface area (Å²) in [6.07, 6.45) is 3.67. The van der Waals surface area contributed by atoms with Crippen LogP contribution in [0.15, 0.2) is 69.3 Å². The van der Waals surface area contributed by atoms with E-state index in [-0.39, 0.29) is 11.6 Å². The monoisotopic (exact) mass is 654 g/mol. The van der Waals surface area contributed by atoms with Crippen molar-refractivity contribution in [3.05, 3.63) is 104 Å². The summed E-state index contributed by atoms with van der Waals surface area (Å²) in [5.74, 6) is 0.448. The van der Waals surface area contributed by atoms with E-state index in [0.717, 1.165) is 38.1 Å². The number of ether oxygens (including phenoxy) is 2. The predicted octanol–water partition coefficient (Wildman–Crippen LogP) is 5.31. The van der Waals surface area contributed by atoms with Gasteiger partial charge in [-0.1, -0.05) is 41.7 Å². The Labute approximate surface area is 240 Å². The van der Waals surface area contributed by atoms with E-state index in [1.165, 1.54) is 29.4 Å². The Morgan fingerprint density at radius 1 is 1.21 bits per heavy atom. The van der Waals surface area contributed by atoms with Crippen LogP contribution in [0.4, 0.5) is 0 Å². The van der Waals surface area contributed by atoms with Gasteiger partial charge in [0.25, 0.3) is 5.56 Å². The molecule has 1 aliphatic carbocycles. The number of benzene rings is 2. The maximum atomic E-state index is 13.9. The summed E-state index contributed by atoms with van der Waals surface area (Å²) < 4.78 is 14.3. The number of esters is 1. The number of hydrogen-bond donors (Lipinski definition) is 0. The minimum Gasteiger partial charge on any atom is -0.490 e. The Bertz CT molecular complexity index is 1780. The van der Waals surface area contributed by atoms with E-state index in [4.69, 9.17) is 14.5 Å². The van der Waals surface area contributed by atoms with Gasteiger partial charge in [0, 0.05) is 17.4 Å². The van der Waals surface area contributed by atoms with Crippen molar-refractivity contribution in [1.29, 1.82) is 0 Å². The van der Waals surface area contributed by atoms with Gasteiger partial charge in [-0.3, -0.25) is 14.2 Å². The molecule has 0 saturated heterocycles. The van der Waals surface area contributed by atoms with Crippen LogP contribution in [0.2, 0.25) is 0 Å². The Hall–Kier alpha value is -3.02. The van der Waals surface area contributed by atoms with E-state index < -0.39 is 5.97 Å². The van der Waals surface area contributed by atoms with Gasteiger partial charge in [0.15, 0.2) is 16.3 Å². The van der Waals surface area contributed by atoms with Gasteiger partial charge in [-0.05, 0) is 88.7 Å². The Kier molecular flexibility index (Phi) is 6.83. The van der Waals surface area contributed by atoms with Crippen LogP contribution in [0, 0.1) is 3.57 Å². The number of hydrogen-bond acceptors (Lipinski definition) is 7. The zero-order valence-corrected chi connectivity index (χ0v) is 24.5. The number of carbonyl (C=O) groups is 1. The molecule has 0 amide bonds. The van der Waals surface area contributed by atoms with Crippen LogP contribution in [-0.2, 0) is 11.2 Å². The van der Waals surface area contributed by atoms with Crippen LogP contribution in [0.1, 0.15) is 47.9 Å². The largest absolute Gasteiger partial charge is 0.490 e. The molecule has 2 aromatic carbocycles. The number of thiazole rings is 1. The van der Waals surface area contributed by atoms with Gasteiger partial charge >= 0.3 is 5.97 Å². The van der Waals surface area contributed by atoms with E-state index in [9.17, 15) is 9.59 Å². The van der Waals surface area contributed by atoms with Gasteiger partial charge in [0.1, 0.15) is 0 Å². The number of allylic oxidation sites excluding steroid dienone is 1. The van der Waals surface area contributed by atoms with E-state index in [1.54, 1.807) is 17.4 Å². The van der Waals surface area contributed by atoms with Gasteiger partial charge in [-0.25, -0.2) is 4.99 Å². The van der Waals surface area contributed by atoms with Gasteiger partial charge in [0.05, 0.1) is 26.4 Å². The van der Waals surface area contributed by atoms with Gasteiger partial charge in [0.2, 0.25) is 0 Å². The number of nitrogens with zero attached hydrogens (tertiary/aromatic N) is 2. The van der Waals surface area contributed by atoms with E-state index in [0.29, 0.717) is 27.4 Å². The van der Waals surface area contributed by atoms with Crippen molar-refractivity contribution < 1.29 is 14.3 Å². The molecule has 0 N–H and O–H groups in total. The summed E-state index contributed by atoms with van der Waals surface area (Å²) in [5.41, 5.74) is 5.38. The number of carbonyl (C=O) groups excluding carboxylic acids is 1. The average Bonchev–Trinajstić information content (AvgIpc) is 3.53. The molecule has 1 atom stereocenters. The molecule has 0 fully saturated rings. The molecule has 38 heavy (non-hydrogen) atoms. The van der Waals surface area contributed by atoms with Crippen molar-refractivity contribution in [1.82, 2.24) is 4.57 Å². The molecule has 6 rings (SSSR count). The first kappa shape index (κ1) is 25.3. The third-order valence-electron chi connectivity index (χ3n) is 6.56. The number of thiophene rings is 1. The second kappa shape index (κ2) is 10.3. The second-order valence-electron chi connectivity index (χ2n) is 8.99. The lowest BCUT2D eigenvalue weighted by atomic mass is 9.85. The number of halogens is 1. The second-order valence-corrected chi connectivity index (χ2v) is 12.1. The third kappa shape index (κ3) is 4.46. The lowest BCUT2D eigenvalue weighted by Gasteiger charge is -2.30. The highest BCUT2D eigenvalue weighted by Crippen LogP contribution is 2.42. The Morgan fingerprint density at radius 3 is 2.82 bits per heavy atom. The van der Waals surface area contributed by atoms with Crippen molar-refractivity contribution in [2.24, 2.45) is 4.99 Å². The zero-order valence-electron chi connectivity index (χ0n) is 20.7. The lowest BCUT2D eigenvalue weighted by Crippen LogP contribution is -2.38. The van der Waals surface area contributed by atoms with Crippen molar-refractivity contribution in [3.63, 3.8) is 0 Å². The zero-order chi connectivity index (χ0) is 26.4. The van der Waals surface area contributed by atoms with Crippen molar-refractivity contribution in [3.8, 4) is 11.5 Å².